The van der Waals surface area contributed by atoms with Crippen LogP contribution < -0.4 is 0 Å². The first kappa shape index (κ1) is 22.0. The van der Waals surface area contributed by atoms with Gasteiger partial charge in [0.05, 0.1) is 0 Å². The summed E-state index contributed by atoms with van der Waals surface area (Å²) in [5.41, 5.74) is 0. The summed E-state index contributed by atoms with van der Waals surface area (Å²) in [4.78, 5) is 0. The Labute approximate surface area is 165 Å². The van der Waals surface area contributed by atoms with Crippen LogP contribution in [0.1, 0.15) is 6.42 Å². The van der Waals surface area contributed by atoms with Crippen molar-refractivity contribution in [1.82, 2.24) is 0 Å². The van der Waals surface area contributed by atoms with Crippen LogP contribution in [-0.4, -0.2) is 0 Å². The van der Waals surface area contributed by atoms with Crippen molar-refractivity contribution in [3.8, 4) is 0 Å². The summed E-state index contributed by atoms with van der Waals surface area (Å²) in [6.45, 7) is 0. The number of allylic oxidation sites excluding steroid dienone is 4. The van der Waals surface area contributed by atoms with Gasteiger partial charge in [-0.05, 0) is 6.42 Å². The molecule has 0 radical (unpaired) electrons. The monoisotopic (exact) mass is 477 g/mol. The van der Waals surface area contributed by atoms with Crippen LogP contribution in [0.25, 0.3) is 0 Å². The van der Waals surface area contributed by atoms with Gasteiger partial charge in [0.15, 0.2) is 0 Å². The number of hydrogen-bond acceptors (Lipinski definition) is 0. The van der Waals surface area contributed by atoms with Gasteiger partial charge in [-0.2, -0.15) is 109 Å². The van der Waals surface area contributed by atoms with E-state index in [4.69, 9.17) is 0 Å². The largest absolute Gasteiger partial charge is 0.184 e. The molecule has 1 aliphatic carbocycles. The van der Waals surface area contributed by atoms with Crippen molar-refractivity contribution >= 4 is 0 Å². The van der Waals surface area contributed by atoms with Gasteiger partial charge in [0.25, 0.3) is 0 Å². The van der Waals surface area contributed by atoms with Crippen LogP contribution in [0.4, 0.5) is 0 Å². The minimum Gasteiger partial charge on any atom is -0.184 e. The zero-order chi connectivity index (χ0) is 16.3. The van der Waals surface area contributed by atoms with Crippen LogP contribution in [0.5, 0.6) is 0 Å². The van der Waals surface area contributed by atoms with E-state index in [9.17, 15) is 0 Å². The molecule has 0 saturated heterocycles. The van der Waals surface area contributed by atoms with Gasteiger partial charge in [-0.3, -0.25) is 0 Å². The first-order valence-corrected chi connectivity index (χ1v) is 7.55. The van der Waals surface area contributed by atoms with Crippen LogP contribution in [-0.2, 0) is 25.8 Å². The molecule has 1 heteroatoms. The number of rotatable bonds is 0. The molecule has 0 atom stereocenters. The Hall–Kier alpha value is -1.99. The second kappa shape index (κ2) is 19.1. The van der Waals surface area contributed by atoms with Crippen LogP contribution in [0.15, 0.2) is 115 Å². The standard InChI is InChI=1S/3C6H5.C5H6.Hf/c3*1-2-4-6-5-3-1;1-2-4-5-3-1;/h3*1-5H;1-4H,5H2;/q3*-1;;. The maximum absolute atomic E-state index is 2.89. The van der Waals surface area contributed by atoms with E-state index in [1.807, 2.05) is 91.0 Å². The van der Waals surface area contributed by atoms with E-state index < -0.39 is 0 Å². The van der Waals surface area contributed by atoms with Gasteiger partial charge >= 0.3 is 0 Å². The van der Waals surface area contributed by atoms with Gasteiger partial charge in [-0.1, -0.05) is 24.3 Å². The SMILES string of the molecule is C1=CCC=C1.[Hf].[c-]1ccccc1.[c-]1ccccc1.[c-]1ccccc1. The third-order valence-electron chi connectivity index (χ3n) is 2.48. The van der Waals surface area contributed by atoms with Gasteiger partial charge in [0.1, 0.15) is 0 Å². The van der Waals surface area contributed by atoms with Crippen molar-refractivity contribution in [2.45, 2.75) is 6.42 Å². The number of hydrogen-bond donors (Lipinski definition) is 0. The maximum Gasteiger partial charge on any atom is 0 e. The first-order valence-electron chi connectivity index (χ1n) is 7.55. The molecule has 3 aromatic rings. The van der Waals surface area contributed by atoms with Crippen LogP contribution in [0.3, 0.4) is 0 Å². The molecule has 0 aliphatic heterocycles. The molecule has 0 spiro atoms. The molecule has 24 heavy (non-hydrogen) atoms. The third kappa shape index (κ3) is 16.4. The molecule has 4 rings (SSSR count). The normalized spacial score (nSPS) is 9.67. The van der Waals surface area contributed by atoms with Crippen molar-refractivity contribution in [3.05, 3.63) is 133 Å². The molecule has 120 valence electrons. The van der Waals surface area contributed by atoms with E-state index in [1.54, 1.807) is 0 Å². The molecule has 0 fully saturated rings. The molecule has 3 aromatic carbocycles. The van der Waals surface area contributed by atoms with E-state index in [0.29, 0.717) is 0 Å². The fraction of sp³-hybridized carbons (Fsp3) is 0.0435. The quantitative estimate of drug-likeness (QED) is 0.278. The Morgan fingerprint density at radius 3 is 0.792 bits per heavy atom. The Kier molecular flexibility index (Phi) is 17.5. The molecule has 0 amide bonds. The zero-order valence-electron chi connectivity index (χ0n) is 13.7. The smallest absolute Gasteiger partial charge is 0 e. The second-order valence-electron chi connectivity index (χ2n) is 4.32. The van der Waals surface area contributed by atoms with E-state index in [0.717, 1.165) is 6.42 Å². The average molecular weight is 476 g/mol. The maximum atomic E-state index is 2.89. The molecule has 0 aromatic heterocycles. The van der Waals surface area contributed by atoms with Crippen LogP contribution in [0.2, 0.25) is 0 Å². The molecule has 1 aliphatic rings. The minimum absolute atomic E-state index is 0. The van der Waals surface area contributed by atoms with E-state index >= 15 is 0 Å². The van der Waals surface area contributed by atoms with Crippen molar-refractivity contribution in [2.24, 2.45) is 0 Å². The van der Waals surface area contributed by atoms with Crippen LogP contribution >= 0.6 is 0 Å². The van der Waals surface area contributed by atoms with E-state index in [-0.39, 0.29) is 25.8 Å². The van der Waals surface area contributed by atoms with Crippen molar-refractivity contribution in [1.29, 1.82) is 0 Å². The average Bonchev–Trinajstić information content (AvgIpc) is 3.27. The molecular weight excluding hydrogens is 455 g/mol. The molecule has 0 N–H and O–H groups in total. The fourth-order valence-corrected chi connectivity index (χ4v) is 1.42. The first-order chi connectivity index (χ1) is 11.5. The Balaban J connectivity index is 0.000000291. The van der Waals surface area contributed by atoms with E-state index in [1.165, 1.54) is 0 Å². The molecule has 0 saturated carbocycles. The molecule has 0 heterocycles. The predicted octanol–water partition coefficient (Wildman–Crippen LogP) is 5.96. The Morgan fingerprint density at radius 1 is 0.417 bits per heavy atom. The van der Waals surface area contributed by atoms with Crippen molar-refractivity contribution < 1.29 is 25.8 Å². The van der Waals surface area contributed by atoms with Crippen molar-refractivity contribution in [2.75, 3.05) is 0 Å². The summed E-state index contributed by atoms with van der Waals surface area (Å²) in [5.74, 6) is 0. The third-order valence-corrected chi connectivity index (χ3v) is 2.48. The molecule has 0 unspecified atom stereocenters. The van der Waals surface area contributed by atoms with Gasteiger partial charge < -0.3 is 0 Å². The summed E-state index contributed by atoms with van der Waals surface area (Å²) in [7, 11) is 0. The zero-order valence-corrected chi connectivity index (χ0v) is 17.3. The Morgan fingerprint density at radius 2 is 0.708 bits per heavy atom. The second-order valence-corrected chi connectivity index (χ2v) is 4.32. The van der Waals surface area contributed by atoms with Gasteiger partial charge in [0, 0.05) is 25.8 Å². The topological polar surface area (TPSA) is 0 Å². The Bertz CT molecular complexity index is 436. The van der Waals surface area contributed by atoms with Gasteiger partial charge in [-0.25, -0.2) is 0 Å². The predicted molar refractivity (Wildman–Crippen MR) is 98.7 cm³/mol. The number of benzene rings is 3. The molecular formula is C23H21Hf-3. The summed E-state index contributed by atoms with van der Waals surface area (Å²) in [6, 6.07) is 37.5. The molecule has 0 bridgehead atoms. The molecule has 0 nitrogen and oxygen atoms in total. The summed E-state index contributed by atoms with van der Waals surface area (Å²) >= 11 is 0. The summed E-state index contributed by atoms with van der Waals surface area (Å²) < 4.78 is 0. The minimum atomic E-state index is 0. The summed E-state index contributed by atoms with van der Waals surface area (Å²) in [6.07, 6.45) is 9.50. The van der Waals surface area contributed by atoms with Crippen LogP contribution in [0, 0.1) is 18.2 Å². The van der Waals surface area contributed by atoms with Gasteiger partial charge in [-0.15, -0.1) is 0 Å². The van der Waals surface area contributed by atoms with E-state index in [2.05, 4.69) is 42.5 Å². The fourth-order valence-electron chi connectivity index (χ4n) is 1.42. The van der Waals surface area contributed by atoms with Gasteiger partial charge in [0.2, 0.25) is 0 Å². The van der Waals surface area contributed by atoms with Crippen molar-refractivity contribution in [3.63, 3.8) is 0 Å². The summed E-state index contributed by atoms with van der Waals surface area (Å²) in [5, 5.41) is 0.